The fraction of sp³-hybridized carbons (Fsp3) is 0.333. The SMILES string of the molecule is Cc1nc(-c2nnn(C)c2CNc2nccc(-c3ccccc3F)n2)ccc1O[C@H]1CCCC(C(=O)O)C1. The van der Waals surface area contributed by atoms with Gasteiger partial charge in [-0.1, -0.05) is 17.3 Å². The number of hydrogen-bond donors (Lipinski definition) is 2. The first-order valence-corrected chi connectivity index (χ1v) is 12.5. The molecule has 1 aliphatic rings. The summed E-state index contributed by atoms with van der Waals surface area (Å²) >= 11 is 0. The van der Waals surface area contributed by atoms with E-state index in [2.05, 4.69) is 25.6 Å². The molecule has 10 nitrogen and oxygen atoms in total. The Morgan fingerprint density at radius 2 is 2.00 bits per heavy atom. The van der Waals surface area contributed by atoms with E-state index in [1.807, 2.05) is 19.1 Å². The van der Waals surface area contributed by atoms with E-state index in [4.69, 9.17) is 9.72 Å². The largest absolute Gasteiger partial charge is 0.489 e. The summed E-state index contributed by atoms with van der Waals surface area (Å²) in [4.78, 5) is 24.8. The summed E-state index contributed by atoms with van der Waals surface area (Å²) in [7, 11) is 1.79. The highest BCUT2D eigenvalue weighted by atomic mass is 19.1. The predicted molar refractivity (Wildman–Crippen MR) is 138 cm³/mol. The molecule has 1 aromatic carbocycles. The van der Waals surface area contributed by atoms with Gasteiger partial charge >= 0.3 is 5.97 Å². The second-order valence-electron chi connectivity index (χ2n) is 9.33. The Bertz CT molecular complexity index is 1460. The molecule has 2 N–H and O–H groups in total. The van der Waals surface area contributed by atoms with Crippen molar-refractivity contribution in [3.63, 3.8) is 0 Å². The summed E-state index contributed by atoms with van der Waals surface area (Å²) < 4.78 is 22.0. The topological polar surface area (TPSA) is 128 Å². The quantitative estimate of drug-likeness (QED) is 0.349. The van der Waals surface area contributed by atoms with Crippen LogP contribution < -0.4 is 10.1 Å². The van der Waals surface area contributed by atoms with Crippen molar-refractivity contribution in [2.75, 3.05) is 5.32 Å². The summed E-state index contributed by atoms with van der Waals surface area (Å²) in [6.45, 7) is 2.17. The van der Waals surface area contributed by atoms with Crippen molar-refractivity contribution in [2.24, 2.45) is 13.0 Å². The van der Waals surface area contributed by atoms with Crippen LogP contribution in [0.15, 0.2) is 48.7 Å². The van der Waals surface area contributed by atoms with Crippen LogP contribution in [0.3, 0.4) is 0 Å². The van der Waals surface area contributed by atoms with Crippen LogP contribution in [0.1, 0.15) is 37.1 Å². The first-order valence-electron chi connectivity index (χ1n) is 12.5. The van der Waals surface area contributed by atoms with Crippen molar-refractivity contribution in [1.82, 2.24) is 29.9 Å². The number of aliphatic carboxylic acids is 1. The number of pyridine rings is 1. The minimum Gasteiger partial charge on any atom is -0.489 e. The van der Waals surface area contributed by atoms with Gasteiger partial charge in [0, 0.05) is 18.8 Å². The van der Waals surface area contributed by atoms with Crippen LogP contribution in [0.25, 0.3) is 22.6 Å². The van der Waals surface area contributed by atoms with Crippen molar-refractivity contribution >= 4 is 11.9 Å². The number of anilines is 1. The fourth-order valence-electron chi connectivity index (χ4n) is 4.66. The summed E-state index contributed by atoms with van der Waals surface area (Å²) in [5.41, 5.74) is 3.56. The maximum atomic E-state index is 14.2. The van der Waals surface area contributed by atoms with E-state index in [9.17, 15) is 14.3 Å². The molecule has 1 aliphatic carbocycles. The molecule has 0 spiro atoms. The van der Waals surface area contributed by atoms with E-state index >= 15 is 0 Å². The van der Waals surface area contributed by atoms with Crippen LogP contribution in [0.4, 0.5) is 10.3 Å². The molecule has 0 aliphatic heterocycles. The average molecular weight is 518 g/mol. The van der Waals surface area contributed by atoms with Crippen molar-refractivity contribution in [3.8, 4) is 28.4 Å². The van der Waals surface area contributed by atoms with Gasteiger partial charge in [0.05, 0.1) is 41.3 Å². The monoisotopic (exact) mass is 517 g/mol. The summed E-state index contributed by atoms with van der Waals surface area (Å²) in [5.74, 6) is -0.511. The van der Waals surface area contributed by atoms with Crippen LogP contribution >= 0.6 is 0 Å². The molecule has 1 saturated carbocycles. The lowest BCUT2D eigenvalue weighted by molar-refractivity contribution is -0.143. The number of hydrogen-bond acceptors (Lipinski definition) is 8. The first-order chi connectivity index (χ1) is 18.4. The second kappa shape index (κ2) is 10.9. The minimum absolute atomic E-state index is 0.146. The van der Waals surface area contributed by atoms with Gasteiger partial charge < -0.3 is 15.2 Å². The number of aromatic nitrogens is 6. The Labute approximate surface area is 218 Å². The molecule has 0 bridgehead atoms. The van der Waals surface area contributed by atoms with Crippen LogP contribution in [-0.2, 0) is 18.4 Å². The Morgan fingerprint density at radius 1 is 1.16 bits per heavy atom. The van der Waals surface area contributed by atoms with Crippen LogP contribution in [0.5, 0.6) is 5.75 Å². The van der Waals surface area contributed by atoms with Gasteiger partial charge in [-0.05, 0) is 62.9 Å². The second-order valence-corrected chi connectivity index (χ2v) is 9.33. The highest BCUT2D eigenvalue weighted by Gasteiger charge is 2.28. The number of carbonyl (C=O) groups is 1. The van der Waals surface area contributed by atoms with E-state index in [0.29, 0.717) is 59.4 Å². The molecule has 11 heteroatoms. The van der Waals surface area contributed by atoms with Gasteiger partial charge in [-0.3, -0.25) is 4.79 Å². The fourth-order valence-corrected chi connectivity index (χ4v) is 4.66. The molecule has 38 heavy (non-hydrogen) atoms. The number of carboxylic acid groups (broad SMARTS) is 1. The van der Waals surface area contributed by atoms with Gasteiger partial charge in [0.1, 0.15) is 17.3 Å². The van der Waals surface area contributed by atoms with Crippen LogP contribution in [0.2, 0.25) is 0 Å². The van der Waals surface area contributed by atoms with Gasteiger partial charge in [0.25, 0.3) is 0 Å². The molecule has 0 amide bonds. The number of carboxylic acids is 1. The number of aryl methyl sites for hydroxylation is 2. The molecule has 0 radical (unpaired) electrons. The highest BCUT2D eigenvalue weighted by molar-refractivity contribution is 5.70. The lowest BCUT2D eigenvalue weighted by atomic mass is 9.87. The van der Waals surface area contributed by atoms with Gasteiger partial charge in [-0.25, -0.2) is 24.0 Å². The number of nitrogens with one attached hydrogen (secondary N) is 1. The third kappa shape index (κ3) is 5.46. The summed E-state index contributed by atoms with van der Waals surface area (Å²) in [6, 6.07) is 11.8. The lowest BCUT2D eigenvalue weighted by Gasteiger charge is -2.27. The zero-order chi connectivity index (χ0) is 26.6. The minimum atomic E-state index is -0.767. The molecule has 3 aromatic heterocycles. The zero-order valence-electron chi connectivity index (χ0n) is 21.1. The normalized spacial score (nSPS) is 17.2. The van der Waals surface area contributed by atoms with Gasteiger partial charge in [0.15, 0.2) is 0 Å². The number of rotatable bonds is 8. The van der Waals surface area contributed by atoms with E-state index in [-0.39, 0.29) is 17.8 Å². The van der Waals surface area contributed by atoms with E-state index in [1.165, 1.54) is 6.07 Å². The third-order valence-electron chi connectivity index (χ3n) is 6.71. The Balaban J connectivity index is 1.31. The standard InChI is InChI=1S/C27H28FN7O3/c1-16-24(38-18-7-5-6-17(14-18)26(36)37)11-10-22(31-16)25-23(35(2)34-33-25)15-30-27-29-13-12-21(32-27)19-8-3-4-9-20(19)28/h3-4,8-13,17-18H,5-7,14-15H2,1-2H3,(H,36,37)(H,29,30,32)/t17?,18-/m0/s1. The average Bonchev–Trinajstić information content (AvgIpc) is 3.29. The molecular weight excluding hydrogens is 489 g/mol. The number of nitrogens with zero attached hydrogens (tertiary/aromatic N) is 6. The summed E-state index contributed by atoms with van der Waals surface area (Å²) in [6.07, 6.45) is 4.27. The maximum absolute atomic E-state index is 14.2. The number of benzene rings is 1. The summed E-state index contributed by atoms with van der Waals surface area (Å²) in [5, 5.41) is 21.0. The lowest BCUT2D eigenvalue weighted by Crippen LogP contribution is -2.29. The molecule has 196 valence electrons. The zero-order valence-corrected chi connectivity index (χ0v) is 21.1. The van der Waals surface area contributed by atoms with Crippen LogP contribution in [0, 0.1) is 18.7 Å². The Hall–Kier alpha value is -4.41. The Morgan fingerprint density at radius 3 is 2.79 bits per heavy atom. The predicted octanol–water partition coefficient (Wildman–Crippen LogP) is 4.42. The van der Waals surface area contributed by atoms with Crippen molar-refractivity contribution < 1.29 is 19.0 Å². The van der Waals surface area contributed by atoms with Gasteiger partial charge in [-0.2, -0.15) is 0 Å². The number of halogens is 1. The highest BCUT2D eigenvalue weighted by Crippen LogP contribution is 2.30. The first kappa shape index (κ1) is 25.2. The van der Waals surface area contributed by atoms with E-state index in [1.54, 1.807) is 42.2 Å². The molecule has 4 aromatic rings. The molecule has 5 rings (SSSR count). The molecule has 1 unspecified atom stereocenters. The van der Waals surface area contributed by atoms with E-state index < -0.39 is 5.97 Å². The Kier molecular flexibility index (Phi) is 7.25. The van der Waals surface area contributed by atoms with Crippen LogP contribution in [-0.4, -0.2) is 47.1 Å². The molecule has 1 fully saturated rings. The maximum Gasteiger partial charge on any atom is 0.306 e. The van der Waals surface area contributed by atoms with Crippen molar-refractivity contribution in [2.45, 2.75) is 45.3 Å². The molecule has 3 heterocycles. The van der Waals surface area contributed by atoms with Crippen molar-refractivity contribution in [1.29, 1.82) is 0 Å². The molecular formula is C27H28FN7O3. The van der Waals surface area contributed by atoms with Crippen molar-refractivity contribution in [3.05, 3.63) is 65.9 Å². The molecule has 0 saturated heterocycles. The smallest absolute Gasteiger partial charge is 0.306 e. The van der Waals surface area contributed by atoms with Gasteiger partial charge in [-0.15, -0.1) is 5.10 Å². The molecule has 2 atom stereocenters. The third-order valence-corrected chi connectivity index (χ3v) is 6.71. The van der Waals surface area contributed by atoms with E-state index in [0.717, 1.165) is 18.5 Å². The number of ether oxygens (including phenoxy) is 1. The van der Waals surface area contributed by atoms with Gasteiger partial charge in [0.2, 0.25) is 5.95 Å².